The number of anilines is 1. The molecule has 1 saturated heterocycles. The lowest BCUT2D eigenvalue weighted by molar-refractivity contribution is -0.117. The van der Waals surface area contributed by atoms with E-state index in [1.165, 1.54) is 5.56 Å². The lowest BCUT2D eigenvalue weighted by Gasteiger charge is -2.16. The van der Waals surface area contributed by atoms with Gasteiger partial charge in [-0.15, -0.1) is 0 Å². The molecule has 1 aliphatic heterocycles. The number of aromatic hydroxyl groups is 1. The number of hydrogen-bond donors (Lipinski definition) is 3. The maximum Gasteiger partial charge on any atom is 0.227 e. The van der Waals surface area contributed by atoms with Crippen LogP contribution in [0.1, 0.15) is 37.3 Å². The SMILES string of the molecule is CCNC(=NCc1ccc(N2CCCC2=O)cc1)NCCCc1ccc(O)cc1. The Morgan fingerprint density at radius 3 is 2.45 bits per heavy atom. The number of phenolic OH excluding ortho intramolecular Hbond substituents is 1. The smallest absolute Gasteiger partial charge is 0.227 e. The standard InChI is InChI=1S/C23H30N4O2/c1-2-24-23(25-15-3-5-18-9-13-21(28)14-10-18)26-17-19-7-11-20(12-8-19)27-16-4-6-22(27)29/h7-14,28H,2-6,15-17H2,1H3,(H2,24,25,26). The molecule has 1 aliphatic rings. The first-order chi connectivity index (χ1) is 14.2. The largest absolute Gasteiger partial charge is 0.508 e. The van der Waals surface area contributed by atoms with Crippen molar-refractivity contribution in [3.63, 3.8) is 0 Å². The number of hydrogen-bond acceptors (Lipinski definition) is 3. The van der Waals surface area contributed by atoms with Crippen LogP contribution in [0, 0.1) is 0 Å². The van der Waals surface area contributed by atoms with Crippen LogP contribution in [0.3, 0.4) is 0 Å². The fourth-order valence-corrected chi connectivity index (χ4v) is 3.38. The van der Waals surface area contributed by atoms with Gasteiger partial charge in [0.25, 0.3) is 0 Å². The lowest BCUT2D eigenvalue weighted by Crippen LogP contribution is -2.37. The predicted molar refractivity (Wildman–Crippen MR) is 117 cm³/mol. The van der Waals surface area contributed by atoms with Crippen LogP contribution in [0.15, 0.2) is 53.5 Å². The molecule has 0 unspecified atom stereocenters. The number of guanidine groups is 1. The van der Waals surface area contributed by atoms with E-state index in [0.29, 0.717) is 18.7 Å². The molecule has 1 amide bonds. The normalized spacial score (nSPS) is 14.3. The molecule has 0 spiro atoms. The number of rotatable bonds is 8. The molecule has 0 aromatic heterocycles. The Morgan fingerprint density at radius 1 is 1.07 bits per heavy atom. The summed E-state index contributed by atoms with van der Waals surface area (Å²) in [4.78, 5) is 18.4. The van der Waals surface area contributed by atoms with Crippen molar-refractivity contribution in [1.29, 1.82) is 0 Å². The zero-order chi connectivity index (χ0) is 20.5. The first-order valence-electron chi connectivity index (χ1n) is 10.3. The van der Waals surface area contributed by atoms with Gasteiger partial charge in [-0.2, -0.15) is 0 Å². The fraction of sp³-hybridized carbons (Fsp3) is 0.391. The van der Waals surface area contributed by atoms with Crippen LogP contribution in [0.25, 0.3) is 0 Å². The Morgan fingerprint density at radius 2 is 1.79 bits per heavy atom. The van der Waals surface area contributed by atoms with Crippen LogP contribution in [-0.4, -0.2) is 36.6 Å². The van der Waals surface area contributed by atoms with Crippen molar-refractivity contribution in [2.45, 2.75) is 39.2 Å². The van der Waals surface area contributed by atoms with E-state index in [4.69, 9.17) is 0 Å². The molecule has 3 rings (SSSR count). The third kappa shape index (κ3) is 6.24. The molecule has 2 aromatic rings. The lowest BCUT2D eigenvalue weighted by atomic mass is 10.1. The van der Waals surface area contributed by atoms with E-state index < -0.39 is 0 Å². The highest BCUT2D eigenvalue weighted by Gasteiger charge is 2.21. The highest BCUT2D eigenvalue weighted by molar-refractivity contribution is 5.95. The zero-order valence-corrected chi connectivity index (χ0v) is 17.0. The number of carbonyl (C=O) groups is 1. The van der Waals surface area contributed by atoms with Gasteiger partial charge in [0, 0.05) is 31.7 Å². The Hall–Kier alpha value is -3.02. The third-order valence-electron chi connectivity index (χ3n) is 4.96. The van der Waals surface area contributed by atoms with E-state index >= 15 is 0 Å². The van der Waals surface area contributed by atoms with Crippen molar-refractivity contribution in [2.24, 2.45) is 4.99 Å². The number of benzene rings is 2. The first-order valence-corrected chi connectivity index (χ1v) is 10.3. The Kier molecular flexibility index (Phi) is 7.50. The minimum absolute atomic E-state index is 0.210. The molecule has 1 heterocycles. The number of phenols is 1. The molecule has 1 fully saturated rings. The number of aryl methyl sites for hydroxylation is 1. The monoisotopic (exact) mass is 394 g/mol. The summed E-state index contributed by atoms with van der Waals surface area (Å²) in [6.45, 7) is 5.08. The fourth-order valence-electron chi connectivity index (χ4n) is 3.38. The maximum absolute atomic E-state index is 11.9. The molecule has 0 atom stereocenters. The number of carbonyl (C=O) groups excluding carboxylic acids is 1. The zero-order valence-electron chi connectivity index (χ0n) is 17.0. The first kappa shape index (κ1) is 20.7. The van der Waals surface area contributed by atoms with Gasteiger partial charge in [0.1, 0.15) is 5.75 Å². The topological polar surface area (TPSA) is 77.0 Å². The van der Waals surface area contributed by atoms with Crippen molar-refractivity contribution in [2.75, 3.05) is 24.5 Å². The Bertz CT molecular complexity index is 816. The molecule has 0 saturated carbocycles. The number of nitrogens with one attached hydrogen (secondary N) is 2. The van der Waals surface area contributed by atoms with Crippen LogP contribution >= 0.6 is 0 Å². The predicted octanol–water partition coefficient (Wildman–Crippen LogP) is 3.21. The van der Waals surface area contributed by atoms with Gasteiger partial charge in [-0.1, -0.05) is 24.3 Å². The average Bonchev–Trinajstić information content (AvgIpc) is 3.17. The van der Waals surface area contributed by atoms with Gasteiger partial charge in [0.05, 0.1) is 6.54 Å². The highest BCUT2D eigenvalue weighted by atomic mass is 16.3. The van der Waals surface area contributed by atoms with Gasteiger partial charge in [0.15, 0.2) is 5.96 Å². The van der Waals surface area contributed by atoms with Crippen LogP contribution in [0.4, 0.5) is 5.69 Å². The third-order valence-corrected chi connectivity index (χ3v) is 4.96. The van der Waals surface area contributed by atoms with Gasteiger partial charge < -0.3 is 20.6 Å². The van der Waals surface area contributed by atoms with Crippen molar-refractivity contribution < 1.29 is 9.90 Å². The molecule has 2 aromatic carbocycles. The number of aliphatic imine (C=N–C) groups is 1. The van der Waals surface area contributed by atoms with E-state index in [2.05, 4.69) is 22.5 Å². The highest BCUT2D eigenvalue weighted by Crippen LogP contribution is 2.21. The number of amides is 1. The molecule has 0 aliphatic carbocycles. The van der Waals surface area contributed by atoms with E-state index in [1.807, 2.05) is 41.3 Å². The summed E-state index contributed by atoms with van der Waals surface area (Å²) in [7, 11) is 0. The second kappa shape index (κ2) is 10.5. The summed E-state index contributed by atoms with van der Waals surface area (Å²) in [5, 5.41) is 16.0. The van der Waals surface area contributed by atoms with E-state index in [1.54, 1.807) is 12.1 Å². The Balaban J connectivity index is 1.48. The molecule has 0 bridgehead atoms. The van der Waals surface area contributed by atoms with Crippen LogP contribution in [0.5, 0.6) is 5.75 Å². The van der Waals surface area contributed by atoms with Crippen molar-refractivity contribution >= 4 is 17.6 Å². The second-order valence-corrected chi connectivity index (χ2v) is 7.21. The quantitative estimate of drug-likeness (QED) is 0.365. The summed E-state index contributed by atoms with van der Waals surface area (Å²) in [5.41, 5.74) is 3.30. The Labute approximate surface area is 172 Å². The van der Waals surface area contributed by atoms with Crippen LogP contribution in [0.2, 0.25) is 0 Å². The number of nitrogens with zero attached hydrogens (tertiary/aromatic N) is 2. The van der Waals surface area contributed by atoms with E-state index in [0.717, 1.165) is 56.1 Å². The summed E-state index contributed by atoms with van der Waals surface area (Å²) >= 11 is 0. The molecule has 6 heteroatoms. The van der Waals surface area contributed by atoms with Crippen LogP contribution < -0.4 is 15.5 Å². The van der Waals surface area contributed by atoms with E-state index in [-0.39, 0.29) is 5.91 Å². The molecular formula is C23H30N4O2. The molecular weight excluding hydrogens is 364 g/mol. The molecule has 154 valence electrons. The summed E-state index contributed by atoms with van der Waals surface area (Å²) < 4.78 is 0. The van der Waals surface area contributed by atoms with Crippen LogP contribution in [-0.2, 0) is 17.8 Å². The minimum Gasteiger partial charge on any atom is -0.508 e. The van der Waals surface area contributed by atoms with Gasteiger partial charge in [0.2, 0.25) is 5.91 Å². The van der Waals surface area contributed by atoms with Crippen molar-refractivity contribution in [3.8, 4) is 5.75 Å². The van der Waals surface area contributed by atoms with Gasteiger partial charge >= 0.3 is 0 Å². The minimum atomic E-state index is 0.210. The van der Waals surface area contributed by atoms with E-state index in [9.17, 15) is 9.90 Å². The summed E-state index contributed by atoms with van der Waals surface area (Å²) in [6.07, 6.45) is 3.52. The second-order valence-electron chi connectivity index (χ2n) is 7.21. The molecule has 29 heavy (non-hydrogen) atoms. The van der Waals surface area contributed by atoms with Crippen molar-refractivity contribution in [1.82, 2.24) is 10.6 Å². The van der Waals surface area contributed by atoms with Gasteiger partial charge in [-0.25, -0.2) is 4.99 Å². The molecule has 0 radical (unpaired) electrons. The van der Waals surface area contributed by atoms with Crippen molar-refractivity contribution in [3.05, 3.63) is 59.7 Å². The summed E-state index contributed by atoms with van der Waals surface area (Å²) in [5.74, 6) is 1.31. The molecule has 3 N–H and O–H groups in total. The summed E-state index contributed by atoms with van der Waals surface area (Å²) in [6, 6.07) is 15.4. The van der Waals surface area contributed by atoms with Gasteiger partial charge in [-0.3, -0.25) is 4.79 Å². The van der Waals surface area contributed by atoms with Gasteiger partial charge in [-0.05, 0) is 61.6 Å². The maximum atomic E-state index is 11.9. The average molecular weight is 395 g/mol. The molecule has 6 nitrogen and oxygen atoms in total.